The molecule has 1 aromatic rings. The van der Waals surface area contributed by atoms with E-state index in [0.717, 1.165) is 16.6 Å². The van der Waals surface area contributed by atoms with Crippen molar-refractivity contribution in [2.24, 2.45) is 0 Å². The van der Waals surface area contributed by atoms with E-state index in [1.807, 2.05) is 6.26 Å². The fourth-order valence-electron chi connectivity index (χ4n) is 1.99. The van der Waals surface area contributed by atoms with Crippen molar-refractivity contribution in [2.75, 3.05) is 12.0 Å². The highest BCUT2D eigenvalue weighted by atomic mass is 79.9. The van der Waals surface area contributed by atoms with E-state index in [9.17, 15) is 9.18 Å². The number of hydrogen-bond donors (Lipinski definition) is 1. The maximum atomic E-state index is 13.3. The van der Waals surface area contributed by atoms with Crippen LogP contribution in [-0.4, -0.2) is 34.0 Å². The SMILES string of the molecule is CSCC[C@@H]1NC(=S)N(Cc2cc(F)ccc2Br)C1=O. The van der Waals surface area contributed by atoms with E-state index in [1.54, 1.807) is 17.8 Å². The molecule has 1 heterocycles. The molecule has 0 saturated carbocycles. The summed E-state index contributed by atoms with van der Waals surface area (Å²) in [5.41, 5.74) is 0.702. The maximum Gasteiger partial charge on any atom is 0.251 e. The molecule has 108 valence electrons. The summed E-state index contributed by atoms with van der Waals surface area (Å²) >= 11 is 10.3. The zero-order chi connectivity index (χ0) is 14.7. The minimum absolute atomic E-state index is 0.0415. The van der Waals surface area contributed by atoms with Gasteiger partial charge in [-0.05, 0) is 54.4 Å². The smallest absolute Gasteiger partial charge is 0.251 e. The van der Waals surface area contributed by atoms with Crippen molar-refractivity contribution < 1.29 is 9.18 Å². The van der Waals surface area contributed by atoms with Crippen molar-refractivity contribution in [3.63, 3.8) is 0 Å². The van der Waals surface area contributed by atoms with Crippen LogP contribution in [0.15, 0.2) is 22.7 Å². The number of carbonyl (C=O) groups is 1. The Bertz CT molecular complexity index is 541. The molecule has 1 aromatic carbocycles. The number of carbonyl (C=O) groups excluding carboxylic acids is 1. The molecule has 0 radical (unpaired) electrons. The summed E-state index contributed by atoms with van der Waals surface area (Å²) in [6, 6.07) is 4.15. The molecule has 1 saturated heterocycles. The molecule has 7 heteroatoms. The number of thioether (sulfide) groups is 1. The molecule has 2 rings (SSSR count). The van der Waals surface area contributed by atoms with E-state index >= 15 is 0 Å². The third-order valence-corrected chi connectivity index (χ3v) is 4.81. The normalized spacial score (nSPS) is 18.6. The fraction of sp³-hybridized carbons (Fsp3) is 0.385. The second-order valence-electron chi connectivity index (χ2n) is 4.44. The van der Waals surface area contributed by atoms with Crippen LogP contribution in [0, 0.1) is 5.82 Å². The Labute approximate surface area is 135 Å². The maximum absolute atomic E-state index is 13.3. The van der Waals surface area contributed by atoms with Gasteiger partial charge in [-0.3, -0.25) is 9.69 Å². The summed E-state index contributed by atoms with van der Waals surface area (Å²) in [5, 5.41) is 3.44. The Morgan fingerprint density at radius 3 is 3.00 bits per heavy atom. The van der Waals surface area contributed by atoms with Crippen LogP contribution in [0.3, 0.4) is 0 Å². The monoisotopic (exact) mass is 376 g/mol. The number of halogens is 2. The van der Waals surface area contributed by atoms with Crippen LogP contribution in [0.5, 0.6) is 0 Å². The highest BCUT2D eigenvalue weighted by Gasteiger charge is 2.35. The molecule has 0 spiro atoms. The number of amides is 1. The first-order valence-corrected chi connectivity index (χ1v) is 8.67. The lowest BCUT2D eigenvalue weighted by molar-refractivity contribution is -0.127. The van der Waals surface area contributed by atoms with Crippen LogP contribution in [0.25, 0.3) is 0 Å². The van der Waals surface area contributed by atoms with Crippen molar-refractivity contribution in [1.29, 1.82) is 0 Å². The van der Waals surface area contributed by atoms with Gasteiger partial charge in [0.2, 0.25) is 0 Å². The third-order valence-electron chi connectivity index (χ3n) is 3.05. The summed E-state index contributed by atoms with van der Waals surface area (Å²) in [6.45, 7) is 0.277. The molecule has 3 nitrogen and oxygen atoms in total. The second kappa shape index (κ2) is 6.87. The van der Waals surface area contributed by atoms with E-state index in [1.165, 1.54) is 17.0 Å². The molecule has 1 fully saturated rings. The first-order chi connectivity index (χ1) is 9.52. The molecule has 1 aliphatic rings. The summed E-state index contributed by atoms with van der Waals surface area (Å²) in [7, 11) is 0. The summed E-state index contributed by atoms with van der Waals surface area (Å²) < 4.78 is 14.0. The molecule has 0 bridgehead atoms. The Balaban J connectivity index is 2.11. The predicted octanol–water partition coefficient (Wildman–Crippen LogP) is 2.93. The average molecular weight is 377 g/mol. The molecular weight excluding hydrogens is 363 g/mol. The lowest BCUT2D eigenvalue weighted by atomic mass is 10.2. The number of thiocarbonyl (C=S) groups is 1. The molecule has 1 atom stereocenters. The van der Waals surface area contributed by atoms with E-state index in [4.69, 9.17) is 12.2 Å². The highest BCUT2D eigenvalue weighted by Crippen LogP contribution is 2.22. The van der Waals surface area contributed by atoms with Gasteiger partial charge in [0.15, 0.2) is 5.11 Å². The van der Waals surface area contributed by atoms with Crippen molar-refractivity contribution in [2.45, 2.75) is 19.0 Å². The van der Waals surface area contributed by atoms with Gasteiger partial charge in [0.05, 0.1) is 6.54 Å². The average Bonchev–Trinajstić information content (AvgIpc) is 2.68. The third kappa shape index (κ3) is 3.51. The van der Waals surface area contributed by atoms with Crippen LogP contribution in [0.2, 0.25) is 0 Å². The minimum atomic E-state index is -0.326. The lowest BCUT2D eigenvalue weighted by Crippen LogP contribution is -2.31. The van der Waals surface area contributed by atoms with Gasteiger partial charge in [-0.2, -0.15) is 11.8 Å². The van der Waals surface area contributed by atoms with Crippen molar-refractivity contribution in [3.8, 4) is 0 Å². The van der Waals surface area contributed by atoms with E-state index < -0.39 is 0 Å². The Kier molecular flexibility index (Phi) is 5.40. The van der Waals surface area contributed by atoms with Gasteiger partial charge >= 0.3 is 0 Å². The molecule has 1 amide bonds. The predicted molar refractivity (Wildman–Crippen MR) is 87.2 cm³/mol. The van der Waals surface area contributed by atoms with Crippen molar-refractivity contribution >= 4 is 50.9 Å². The lowest BCUT2D eigenvalue weighted by Gasteiger charge is -2.16. The summed E-state index contributed by atoms with van der Waals surface area (Å²) in [4.78, 5) is 13.8. The van der Waals surface area contributed by atoms with E-state index in [-0.39, 0.29) is 24.3 Å². The molecular formula is C13H14BrFN2OS2. The molecule has 0 aromatic heterocycles. The number of hydrogen-bond acceptors (Lipinski definition) is 3. The van der Waals surface area contributed by atoms with Crippen molar-refractivity contribution in [1.82, 2.24) is 10.2 Å². The van der Waals surface area contributed by atoms with Crippen LogP contribution in [0.4, 0.5) is 4.39 Å². The largest absolute Gasteiger partial charge is 0.350 e. The number of rotatable bonds is 5. The molecule has 20 heavy (non-hydrogen) atoms. The van der Waals surface area contributed by atoms with Crippen LogP contribution in [0.1, 0.15) is 12.0 Å². The second-order valence-corrected chi connectivity index (χ2v) is 6.67. The summed E-state index contributed by atoms with van der Waals surface area (Å²) in [6.07, 6.45) is 2.74. The van der Waals surface area contributed by atoms with Gasteiger partial charge in [0.25, 0.3) is 5.91 Å². The van der Waals surface area contributed by atoms with Crippen LogP contribution in [-0.2, 0) is 11.3 Å². The Morgan fingerprint density at radius 1 is 1.55 bits per heavy atom. The number of nitrogens with zero attached hydrogens (tertiary/aromatic N) is 1. The van der Waals surface area contributed by atoms with Gasteiger partial charge in [0.1, 0.15) is 11.9 Å². The number of benzene rings is 1. The Hall–Kier alpha value is -0.660. The van der Waals surface area contributed by atoms with E-state index in [0.29, 0.717) is 10.7 Å². The highest BCUT2D eigenvalue weighted by molar-refractivity contribution is 9.10. The van der Waals surface area contributed by atoms with Crippen molar-refractivity contribution in [3.05, 3.63) is 34.1 Å². The summed E-state index contributed by atoms with van der Waals surface area (Å²) in [5.74, 6) is 0.525. The molecule has 1 aliphatic heterocycles. The molecule has 1 N–H and O–H groups in total. The first-order valence-electron chi connectivity index (χ1n) is 6.07. The van der Waals surface area contributed by atoms with Gasteiger partial charge in [-0.25, -0.2) is 4.39 Å². The van der Waals surface area contributed by atoms with Gasteiger partial charge in [-0.1, -0.05) is 15.9 Å². The van der Waals surface area contributed by atoms with Gasteiger partial charge in [0, 0.05) is 4.47 Å². The first kappa shape index (κ1) is 15.7. The van der Waals surface area contributed by atoms with Crippen LogP contribution < -0.4 is 5.32 Å². The quantitative estimate of drug-likeness (QED) is 0.800. The number of nitrogens with one attached hydrogen (secondary N) is 1. The zero-order valence-electron chi connectivity index (χ0n) is 10.9. The van der Waals surface area contributed by atoms with Gasteiger partial charge in [-0.15, -0.1) is 0 Å². The van der Waals surface area contributed by atoms with E-state index in [2.05, 4.69) is 21.2 Å². The standard InChI is InChI=1S/C13H14BrFN2OS2/c1-20-5-4-11-12(18)17(13(19)16-11)7-8-6-9(15)2-3-10(8)14/h2-3,6,11H,4-5,7H2,1H3,(H,16,19)/t11-/m0/s1. The molecule has 0 unspecified atom stereocenters. The topological polar surface area (TPSA) is 32.3 Å². The van der Waals surface area contributed by atoms with Crippen LogP contribution >= 0.6 is 39.9 Å². The molecule has 0 aliphatic carbocycles. The minimum Gasteiger partial charge on any atom is -0.350 e. The Morgan fingerprint density at radius 2 is 2.30 bits per heavy atom. The zero-order valence-corrected chi connectivity index (χ0v) is 14.1. The van der Waals surface area contributed by atoms with Gasteiger partial charge < -0.3 is 5.32 Å². The fourth-order valence-corrected chi connectivity index (χ4v) is 3.13.